The topological polar surface area (TPSA) is 24.1 Å². The molecular weight excluding hydrogens is 232 g/mol. The predicted octanol–water partition coefficient (Wildman–Crippen LogP) is 3.08. The van der Waals surface area contributed by atoms with Crippen LogP contribution in [0, 0.1) is 17.3 Å². The molecule has 1 aliphatic heterocycles. The molecule has 4 rings (SSSR count). The van der Waals surface area contributed by atoms with Gasteiger partial charge in [0.05, 0.1) is 0 Å². The van der Waals surface area contributed by atoms with Gasteiger partial charge in [-0.15, -0.1) is 0 Å². The summed E-state index contributed by atoms with van der Waals surface area (Å²) in [6, 6.07) is 1.65. The van der Waals surface area contributed by atoms with E-state index in [4.69, 9.17) is 0 Å². The molecule has 0 radical (unpaired) electrons. The summed E-state index contributed by atoms with van der Waals surface area (Å²) in [7, 11) is 0. The van der Waals surface area contributed by atoms with Gasteiger partial charge in [0.25, 0.3) is 0 Å². The summed E-state index contributed by atoms with van der Waals surface area (Å²) in [5.74, 6) is 2.03. The second kappa shape index (κ2) is 5.04. The normalized spacial score (nSPS) is 41.4. The molecule has 3 aliphatic carbocycles. The molecule has 0 aromatic rings. The van der Waals surface area contributed by atoms with Gasteiger partial charge in [0.2, 0.25) is 0 Å². The van der Waals surface area contributed by atoms with E-state index in [2.05, 4.69) is 10.6 Å². The fraction of sp³-hybridized carbons (Fsp3) is 1.00. The Hall–Kier alpha value is -0.0800. The van der Waals surface area contributed by atoms with Gasteiger partial charge in [-0.2, -0.15) is 0 Å². The van der Waals surface area contributed by atoms with Crippen molar-refractivity contribution in [3.8, 4) is 0 Å². The molecule has 0 aromatic carbocycles. The van der Waals surface area contributed by atoms with Crippen LogP contribution in [0.3, 0.4) is 0 Å². The summed E-state index contributed by atoms with van der Waals surface area (Å²) >= 11 is 0. The van der Waals surface area contributed by atoms with E-state index in [0.717, 1.165) is 29.3 Å². The summed E-state index contributed by atoms with van der Waals surface area (Å²) in [5.41, 5.74) is 0.769. The number of nitrogens with one attached hydrogen (secondary N) is 2. The molecular formula is C17H30N2. The van der Waals surface area contributed by atoms with Crippen LogP contribution in [-0.2, 0) is 0 Å². The Kier molecular flexibility index (Phi) is 3.35. The summed E-state index contributed by atoms with van der Waals surface area (Å²) in [6.07, 6.45) is 14.7. The van der Waals surface area contributed by atoms with Gasteiger partial charge in [-0.25, -0.2) is 0 Å². The summed E-state index contributed by atoms with van der Waals surface area (Å²) in [5, 5.41) is 7.80. The van der Waals surface area contributed by atoms with Crippen molar-refractivity contribution >= 4 is 0 Å². The van der Waals surface area contributed by atoms with Gasteiger partial charge in [0.15, 0.2) is 0 Å². The minimum atomic E-state index is 0.769. The Bertz CT molecular complexity index is 313. The Labute approximate surface area is 118 Å². The molecule has 2 N–H and O–H groups in total. The molecule has 2 heteroatoms. The highest BCUT2D eigenvalue weighted by Crippen LogP contribution is 2.60. The first-order valence-electron chi connectivity index (χ1n) is 8.84. The highest BCUT2D eigenvalue weighted by Gasteiger charge is 2.53. The van der Waals surface area contributed by atoms with Gasteiger partial charge in [-0.05, 0) is 75.2 Å². The maximum atomic E-state index is 4.03. The molecule has 1 heterocycles. The van der Waals surface area contributed by atoms with Gasteiger partial charge in [0, 0.05) is 18.6 Å². The molecule has 1 saturated heterocycles. The first kappa shape index (κ1) is 12.6. The van der Waals surface area contributed by atoms with Crippen molar-refractivity contribution in [3.05, 3.63) is 0 Å². The molecule has 3 unspecified atom stereocenters. The lowest BCUT2D eigenvalue weighted by molar-refractivity contribution is 0.202. The lowest BCUT2D eigenvalue weighted by Gasteiger charge is -2.37. The minimum Gasteiger partial charge on any atom is -0.314 e. The molecule has 3 atom stereocenters. The zero-order valence-corrected chi connectivity index (χ0v) is 12.3. The maximum Gasteiger partial charge on any atom is 0.0111 e. The van der Waals surface area contributed by atoms with Crippen molar-refractivity contribution in [1.82, 2.24) is 10.6 Å². The van der Waals surface area contributed by atoms with E-state index in [1.807, 2.05) is 0 Å². The van der Waals surface area contributed by atoms with Gasteiger partial charge >= 0.3 is 0 Å². The van der Waals surface area contributed by atoms with Crippen molar-refractivity contribution in [1.29, 1.82) is 0 Å². The largest absolute Gasteiger partial charge is 0.314 e. The average Bonchev–Trinajstić information content (AvgIpc) is 3.36. The van der Waals surface area contributed by atoms with Crippen LogP contribution in [0.1, 0.15) is 64.2 Å². The third-order valence-electron chi connectivity index (χ3n) is 6.49. The standard InChI is InChI=1S/C17H30N2/c1-2-5-16(14(4-1)15-6-3-11-18-15)19-12-17(9-10-17)13-7-8-13/h13-16,18-19H,1-12H2. The van der Waals surface area contributed by atoms with E-state index < -0.39 is 0 Å². The van der Waals surface area contributed by atoms with Crippen LogP contribution >= 0.6 is 0 Å². The first-order chi connectivity index (χ1) is 9.37. The van der Waals surface area contributed by atoms with Gasteiger partial charge in [0.1, 0.15) is 0 Å². The van der Waals surface area contributed by atoms with Crippen LogP contribution in [0.25, 0.3) is 0 Å². The molecule has 0 spiro atoms. The van der Waals surface area contributed by atoms with Crippen molar-refractivity contribution in [2.24, 2.45) is 17.3 Å². The molecule has 0 amide bonds. The molecule has 0 aromatic heterocycles. The first-order valence-corrected chi connectivity index (χ1v) is 8.84. The number of hydrogen-bond donors (Lipinski definition) is 2. The molecule has 108 valence electrons. The molecule has 19 heavy (non-hydrogen) atoms. The smallest absolute Gasteiger partial charge is 0.0111 e. The lowest BCUT2D eigenvalue weighted by atomic mass is 9.79. The molecule has 2 nitrogen and oxygen atoms in total. The van der Waals surface area contributed by atoms with E-state index >= 15 is 0 Å². The second-order valence-corrected chi connectivity index (χ2v) is 7.78. The van der Waals surface area contributed by atoms with Crippen LogP contribution in [-0.4, -0.2) is 25.2 Å². The van der Waals surface area contributed by atoms with E-state index in [0.29, 0.717) is 0 Å². The SMILES string of the molecule is C1CNC(C2CCCCC2NCC2(C3CC3)CC2)C1. The Balaban J connectivity index is 1.34. The van der Waals surface area contributed by atoms with Gasteiger partial charge in [-0.3, -0.25) is 0 Å². The maximum absolute atomic E-state index is 4.03. The Morgan fingerprint density at radius 1 is 0.947 bits per heavy atom. The van der Waals surface area contributed by atoms with Crippen LogP contribution in [0.2, 0.25) is 0 Å². The predicted molar refractivity (Wildman–Crippen MR) is 79.2 cm³/mol. The fourth-order valence-corrected chi connectivity index (χ4v) is 4.89. The molecule has 0 bridgehead atoms. The van der Waals surface area contributed by atoms with E-state index in [1.165, 1.54) is 77.3 Å². The summed E-state index contributed by atoms with van der Waals surface area (Å²) in [4.78, 5) is 0. The van der Waals surface area contributed by atoms with Crippen LogP contribution in [0.4, 0.5) is 0 Å². The minimum absolute atomic E-state index is 0.769. The number of rotatable bonds is 5. The van der Waals surface area contributed by atoms with E-state index in [9.17, 15) is 0 Å². The third-order valence-corrected chi connectivity index (χ3v) is 6.49. The highest BCUT2D eigenvalue weighted by atomic mass is 15.0. The molecule has 4 fully saturated rings. The third kappa shape index (κ3) is 2.58. The van der Waals surface area contributed by atoms with Crippen LogP contribution in [0.5, 0.6) is 0 Å². The fourth-order valence-electron chi connectivity index (χ4n) is 4.89. The average molecular weight is 262 g/mol. The van der Waals surface area contributed by atoms with Gasteiger partial charge < -0.3 is 10.6 Å². The van der Waals surface area contributed by atoms with Crippen molar-refractivity contribution in [2.45, 2.75) is 76.3 Å². The lowest BCUT2D eigenvalue weighted by Crippen LogP contribution is -2.48. The summed E-state index contributed by atoms with van der Waals surface area (Å²) < 4.78 is 0. The van der Waals surface area contributed by atoms with Crippen LogP contribution in [0.15, 0.2) is 0 Å². The van der Waals surface area contributed by atoms with Crippen molar-refractivity contribution in [3.63, 3.8) is 0 Å². The zero-order valence-electron chi connectivity index (χ0n) is 12.3. The zero-order chi connectivity index (χ0) is 12.7. The molecule has 3 saturated carbocycles. The van der Waals surface area contributed by atoms with Crippen molar-refractivity contribution < 1.29 is 0 Å². The highest BCUT2D eigenvalue weighted by molar-refractivity contribution is 5.06. The Morgan fingerprint density at radius 2 is 1.79 bits per heavy atom. The Morgan fingerprint density at radius 3 is 2.47 bits per heavy atom. The quantitative estimate of drug-likeness (QED) is 0.795. The van der Waals surface area contributed by atoms with Gasteiger partial charge in [-0.1, -0.05) is 12.8 Å². The van der Waals surface area contributed by atoms with Crippen molar-refractivity contribution in [2.75, 3.05) is 13.1 Å². The number of hydrogen-bond acceptors (Lipinski definition) is 2. The molecule has 4 aliphatic rings. The monoisotopic (exact) mass is 262 g/mol. The van der Waals surface area contributed by atoms with E-state index in [1.54, 1.807) is 0 Å². The van der Waals surface area contributed by atoms with Crippen LogP contribution < -0.4 is 10.6 Å². The van der Waals surface area contributed by atoms with E-state index in [-0.39, 0.29) is 0 Å². The second-order valence-electron chi connectivity index (χ2n) is 7.78. The summed E-state index contributed by atoms with van der Waals surface area (Å²) in [6.45, 7) is 2.60.